The van der Waals surface area contributed by atoms with Crippen molar-refractivity contribution >= 4 is 5.65 Å². The van der Waals surface area contributed by atoms with Crippen LogP contribution >= 0.6 is 0 Å². The van der Waals surface area contributed by atoms with Crippen molar-refractivity contribution in [2.75, 3.05) is 0 Å². The number of H-pyrrole nitrogens is 1. The Morgan fingerprint density at radius 2 is 1.85 bits per heavy atom. The standard InChI is InChI=1S/C13H8F3N3O/c14-13(15,16)9-4-1-3-8(7-9)12-17-10-5-2-6-11(20)19(10)18-12/h1-7H,(H,17,18). The van der Waals surface area contributed by atoms with Gasteiger partial charge in [0.2, 0.25) is 0 Å². The number of pyridine rings is 1. The molecule has 20 heavy (non-hydrogen) atoms. The molecule has 3 rings (SSSR count). The first-order chi connectivity index (χ1) is 9.45. The van der Waals surface area contributed by atoms with Gasteiger partial charge < -0.3 is 0 Å². The van der Waals surface area contributed by atoms with Gasteiger partial charge in [-0.2, -0.15) is 17.7 Å². The van der Waals surface area contributed by atoms with E-state index < -0.39 is 11.7 Å². The van der Waals surface area contributed by atoms with Gasteiger partial charge in [0.1, 0.15) is 0 Å². The SMILES string of the molecule is O=c1cccc2nc(-c3cccc(C(F)(F)F)c3)[nH]n12. The molecule has 0 saturated carbocycles. The van der Waals surface area contributed by atoms with Crippen LogP contribution in [-0.4, -0.2) is 14.6 Å². The molecule has 2 aromatic heterocycles. The molecule has 7 heteroatoms. The summed E-state index contributed by atoms with van der Waals surface area (Å²) in [7, 11) is 0. The normalized spacial score (nSPS) is 11.9. The molecule has 0 saturated heterocycles. The minimum Gasteiger partial charge on any atom is -0.272 e. The first-order valence-corrected chi connectivity index (χ1v) is 5.70. The van der Waals surface area contributed by atoms with Crippen LogP contribution in [0.3, 0.4) is 0 Å². The molecule has 4 nitrogen and oxygen atoms in total. The van der Waals surface area contributed by atoms with Crippen LogP contribution in [0.1, 0.15) is 5.56 Å². The smallest absolute Gasteiger partial charge is 0.272 e. The van der Waals surface area contributed by atoms with Gasteiger partial charge in [0.15, 0.2) is 11.5 Å². The second kappa shape index (κ2) is 4.22. The highest BCUT2D eigenvalue weighted by Gasteiger charge is 2.30. The van der Waals surface area contributed by atoms with Crippen molar-refractivity contribution in [1.82, 2.24) is 14.6 Å². The number of fused-ring (bicyclic) bond motifs is 1. The summed E-state index contributed by atoms with van der Waals surface area (Å²) in [5.41, 5.74) is -0.469. The number of aromatic amines is 1. The highest BCUT2D eigenvalue weighted by Crippen LogP contribution is 2.31. The van der Waals surface area contributed by atoms with Crippen molar-refractivity contribution in [3.05, 3.63) is 58.4 Å². The van der Waals surface area contributed by atoms with Gasteiger partial charge in [-0.05, 0) is 18.2 Å². The lowest BCUT2D eigenvalue weighted by atomic mass is 10.1. The number of hydrogen-bond acceptors (Lipinski definition) is 2. The predicted octanol–water partition coefficient (Wildman–Crippen LogP) is 2.71. The van der Waals surface area contributed by atoms with E-state index in [1.54, 1.807) is 6.07 Å². The maximum absolute atomic E-state index is 12.7. The lowest BCUT2D eigenvalue weighted by molar-refractivity contribution is -0.137. The van der Waals surface area contributed by atoms with E-state index >= 15 is 0 Å². The Kier molecular flexibility index (Phi) is 2.63. The Morgan fingerprint density at radius 1 is 1.10 bits per heavy atom. The van der Waals surface area contributed by atoms with E-state index in [4.69, 9.17) is 0 Å². The molecule has 0 bridgehead atoms. The Hall–Kier alpha value is -2.57. The fourth-order valence-electron chi connectivity index (χ4n) is 1.90. The first kappa shape index (κ1) is 12.5. The molecule has 2 heterocycles. The summed E-state index contributed by atoms with van der Waals surface area (Å²) in [6, 6.07) is 9.23. The molecule has 3 aromatic rings. The fourth-order valence-corrected chi connectivity index (χ4v) is 1.90. The largest absolute Gasteiger partial charge is 0.416 e. The van der Waals surface area contributed by atoms with Crippen molar-refractivity contribution in [2.24, 2.45) is 0 Å². The fraction of sp³-hybridized carbons (Fsp3) is 0.0769. The van der Waals surface area contributed by atoms with E-state index in [1.807, 2.05) is 0 Å². The van der Waals surface area contributed by atoms with Crippen LogP contribution in [-0.2, 0) is 6.18 Å². The number of rotatable bonds is 1. The van der Waals surface area contributed by atoms with Crippen molar-refractivity contribution in [3.8, 4) is 11.4 Å². The minimum absolute atomic E-state index is 0.208. The third kappa shape index (κ3) is 2.07. The van der Waals surface area contributed by atoms with E-state index in [0.717, 1.165) is 12.1 Å². The molecule has 0 aliphatic heterocycles. The Balaban J connectivity index is 2.16. The van der Waals surface area contributed by atoms with E-state index in [2.05, 4.69) is 10.1 Å². The molecule has 0 fully saturated rings. The summed E-state index contributed by atoms with van der Waals surface area (Å²) in [5, 5.41) is 2.68. The number of nitrogens with zero attached hydrogens (tertiary/aromatic N) is 2. The van der Waals surface area contributed by atoms with Gasteiger partial charge in [-0.1, -0.05) is 18.2 Å². The Bertz CT molecular complexity index is 832. The molecule has 0 atom stereocenters. The monoisotopic (exact) mass is 279 g/mol. The molecule has 0 unspecified atom stereocenters. The molecule has 0 aliphatic carbocycles. The Morgan fingerprint density at radius 3 is 2.55 bits per heavy atom. The molecule has 0 aliphatic rings. The van der Waals surface area contributed by atoms with Crippen LogP contribution in [0, 0.1) is 0 Å². The summed E-state index contributed by atoms with van der Waals surface area (Å²) in [6.07, 6.45) is -4.42. The zero-order valence-corrected chi connectivity index (χ0v) is 9.98. The number of aromatic nitrogens is 3. The van der Waals surface area contributed by atoms with Crippen molar-refractivity contribution in [3.63, 3.8) is 0 Å². The number of alkyl halides is 3. The summed E-state index contributed by atoms with van der Waals surface area (Å²) in [5.74, 6) is 0.208. The topological polar surface area (TPSA) is 50.2 Å². The van der Waals surface area contributed by atoms with Gasteiger partial charge in [-0.25, -0.2) is 4.98 Å². The minimum atomic E-state index is -4.42. The van der Waals surface area contributed by atoms with Crippen LogP contribution in [0.25, 0.3) is 17.0 Å². The molecule has 1 aromatic carbocycles. The van der Waals surface area contributed by atoms with Crippen molar-refractivity contribution in [1.29, 1.82) is 0 Å². The van der Waals surface area contributed by atoms with Gasteiger partial charge in [-0.3, -0.25) is 9.89 Å². The maximum atomic E-state index is 12.7. The average molecular weight is 279 g/mol. The summed E-state index contributed by atoms with van der Waals surface area (Å²) in [4.78, 5) is 15.7. The molecule has 0 amide bonds. The second-order valence-electron chi connectivity index (χ2n) is 4.21. The highest BCUT2D eigenvalue weighted by atomic mass is 19.4. The average Bonchev–Trinajstić information content (AvgIpc) is 2.83. The molecular formula is C13H8F3N3O. The molecule has 0 radical (unpaired) electrons. The van der Waals surface area contributed by atoms with E-state index in [-0.39, 0.29) is 16.9 Å². The number of nitrogens with one attached hydrogen (secondary N) is 1. The van der Waals surface area contributed by atoms with Crippen LogP contribution in [0.5, 0.6) is 0 Å². The van der Waals surface area contributed by atoms with Crippen molar-refractivity contribution < 1.29 is 13.2 Å². The van der Waals surface area contributed by atoms with Crippen LogP contribution in [0.2, 0.25) is 0 Å². The van der Waals surface area contributed by atoms with E-state index in [1.165, 1.54) is 28.8 Å². The third-order valence-electron chi connectivity index (χ3n) is 2.84. The van der Waals surface area contributed by atoms with Gasteiger partial charge in [0.05, 0.1) is 5.56 Å². The number of hydrogen-bond donors (Lipinski definition) is 1. The van der Waals surface area contributed by atoms with Crippen molar-refractivity contribution in [2.45, 2.75) is 6.18 Å². The second-order valence-corrected chi connectivity index (χ2v) is 4.21. The molecule has 1 N–H and O–H groups in total. The predicted molar refractivity (Wildman–Crippen MR) is 66.3 cm³/mol. The molecular weight excluding hydrogens is 271 g/mol. The highest BCUT2D eigenvalue weighted by molar-refractivity contribution is 5.59. The summed E-state index contributed by atoms with van der Waals surface area (Å²) >= 11 is 0. The lowest BCUT2D eigenvalue weighted by Crippen LogP contribution is -2.11. The molecule has 102 valence electrons. The quantitative estimate of drug-likeness (QED) is 0.744. The van der Waals surface area contributed by atoms with Gasteiger partial charge in [0, 0.05) is 11.6 Å². The third-order valence-corrected chi connectivity index (χ3v) is 2.84. The first-order valence-electron chi connectivity index (χ1n) is 5.70. The van der Waals surface area contributed by atoms with Crippen LogP contribution in [0.4, 0.5) is 13.2 Å². The number of halogens is 3. The Labute approximate surface area is 110 Å². The van der Waals surface area contributed by atoms with Crippen LogP contribution in [0.15, 0.2) is 47.3 Å². The van der Waals surface area contributed by atoms with Gasteiger partial charge in [0.25, 0.3) is 5.56 Å². The summed E-state index contributed by atoms with van der Waals surface area (Å²) < 4.78 is 39.2. The van der Waals surface area contributed by atoms with E-state index in [9.17, 15) is 18.0 Å². The van der Waals surface area contributed by atoms with Gasteiger partial charge in [-0.15, -0.1) is 0 Å². The zero-order chi connectivity index (χ0) is 14.3. The number of benzene rings is 1. The van der Waals surface area contributed by atoms with Gasteiger partial charge >= 0.3 is 6.18 Å². The van der Waals surface area contributed by atoms with Crippen LogP contribution < -0.4 is 5.56 Å². The summed E-state index contributed by atoms with van der Waals surface area (Å²) in [6.45, 7) is 0. The molecule has 0 spiro atoms. The van der Waals surface area contributed by atoms with E-state index in [0.29, 0.717) is 5.65 Å². The zero-order valence-electron chi connectivity index (χ0n) is 9.98. The maximum Gasteiger partial charge on any atom is 0.416 e. The lowest BCUT2D eigenvalue weighted by Gasteiger charge is -2.07.